The van der Waals surface area contributed by atoms with E-state index in [2.05, 4.69) is 0 Å². The lowest BCUT2D eigenvalue weighted by Crippen LogP contribution is -2.14. The van der Waals surface area contributed by atoms with Gasteiger partial charge in [0.1, 0.15) is 17.6 Å². The van der Waals surface area contributed by atoms with E-state index in [1.54, 1.807) is 19.1 Å². The standard InChI is InChI=1S/C15H10O4/c1-9-7-12-13(15(17)19-9)14(16)11(8-18-12)10-5-3-2-4-6-10/h2-8H,1H3. The predicted molar refractivity (Wildman–Crippen MR) is 71.2 cm³/mol. The summed E-state index contributed by atoms with van der Waals surface area (Å²) in [6, 6.07) is 10.6. The van der Waals surface area contributed by atoms with Crippen molar-refractivity contribution < 1.29 is 8.83 Å². The fraction of sp³-hybridized carbons (Fsp3) is 0.0667. The van der Waals surface area contributed by atoms with Gasteiger partial charge in [-0.2, -0.15) is 0 Å². The van der Waals surface area contributed by atoms with Gasteiger partial charge < -0.3 is 8.83 Å². The van der Waals surface area contributed by atoms with Crippen LogP contribution in [0.2, 0.25) is 0 Å². The highest BCUT2D eigenvalue weighted by Gasteiger charge is 2.13. The minimum atomic E-state index is -0.665. The monoisotopic (exact) mass is 254 g/mol. The molecule has 94 valence electrons. The highest BCUT2D eigenvalue weighted by atomic mass is 16.4. The molecule has 4 nitrogen and oxygen atoms in total. The third-order valence-electron chi connectivity index (χ3n) is 2.90. The van der Waals surface area contributed by atoms with Gasteiger partial charge in [0.25, 0.3) is 0 Å². The molecule has 3 rings (SSSR count). The zero-order valence-electron chi connectivity index (χ0n) is 10.2. The average molecular weight is 254 g/mol. The molecule has 0 bridgehead atoms. The molecular weight excluding hydrogens is 244 g/mol. The maximum absolute atomic E-state index is 12.3. The Morgan fingerprint density at radius 1 is 1.05 bits per heavy atom. The second kappa shape index (κ2) is 4.24. The van der Waals surface area contributed by atoms with Crippen LogP contribution in [-0.4, -0.2) is 0 Å². The molecular formula is C15H10O4. The molecule has 2 heterocycles. The smallest absolute Gasteiger partial charge is 0.351 e. The molecule has 0 amide bonds. The minimum Gasteiger partial charge on any atom is -0.463 e. The van der Waals surface area contributed by atoms with Crippen LogP contribution < -0.4 is 11.1 Å². The van der Waals surface area contributed by atoms with E-state index in [1.807, 2.05) is 18.2 Å². The molecule has 0 saturated heterocycles. The molecule has 2 aromatic heterocycles. The SMILES string of the molecule is Cc1cc2occ(-c3ccccc3)c(=O)c2c(=O)o1. The Hall–Kier alpha value is -2.62. The van der Waals surface area contributed by atoms with Crippen molar-refractivity contribution in [2.75, 3.05) is 0 Å². The topological polar surface area (TPSA) is 60.4 Å². The Kier molecular flexibility index (Phi) is 2.56. The van der Waals surface area contributed by atoms with Gasteiger partial charge in [0.05, 0.1) is 5.56 Å². The van der Waals surface area contributed by atoms with E-state index in [9.17, 15) is 9.59 Å². The number of aryl methyl sites for hydroxylation is 1. The highest BCUT2D eigenvalue weighted by molar-refractivity contribution is 5.80. The molecule has 0 aliphatic carbocycles. The van der Waals surface area contributed by atoms with Crippen molar-refractivity contribution >= 4 is 11.0 Å². The van der Waals surface area contributed by atoms with Crippen molar-refractivity contribution in [2.45, 2.75) is 6.92 Å². The summed E-state index contributed by atoms with van der Waals surface area (Å²) >= 11 is 0. The van der Waals surface area contributed by atoms with Crippen molar-refractivity contribution in [3.63, 3.8) is 0 Å². The van der Waals surface area contributed by atoms with Crippen LogP contribution in [0.15, 0.2) is 61.1 Å². The number of rotatable bonds is 1. The summed E-state index contributed by atoms with van der Waals surface area (Å²) in [6.45, 7) is 1.63. The van der Waals surface area contributed by atoms with Gasteiger partial charge >= 0.3 is 5.63 Å². The summed E-state index contributed by atoms with van der Waals surface area (Å²) in [5.74, 6) is 0.410. The Morgan fingerprint density at radius 3 is 2.53 bits per heavy atom. The fourth-order valence-electron chi connectivity index (χ4n) is 2.01. The average Bonchev–Trinajstić information content (AvgIpc) is 2.39. The lowest BCUT2D eigenvalue weighted by atomic mass is 10.1. The van der Waals surface area contributed by atoms with Crippen LogP contribution in [0.5, 0.6) is 0 Å². The largest absolute Gasteiger partial charge is 0.463 e. The lowest BCUT2D eigenvalue weighted by molar-refractivity contribution is 0.481. The van der Waals surface area contributed by atoms with Crippen molar-refractivity contribution in [1.82, 2.24) is 0 Å². The van der Waals surface area contributed by atoms with Gasteiger partial charge in [0, 0.05) is 6.07 Å². The van der Waals surface area contributed by atoms with Crippen LogP contribution in [0, 0.1) is 6.92 Å². The minimum absolute atomic E-state index is 0.0491. The van der Waals surface area contributed by atoms with Crippen LogP contribution in [-0.2, 0) is 0 Å². The van der Waals surface area contributed by atoms with Gasteiger partial charge in [0.15, 0.2) is 5.39 Å². The molecule has 0 fully saturated rings. The first-order valence-corrected chi connectivity index (χ1v) is 5.78. The van der Waals surface area contributed by atoms with E-state index in [-0.39, 0.29) is 16.4 Å². The first-order valence-electron chi connectivity index (χ1n) is 5.78. The van der Waals surface area contributed by atoms with Crippen LogP contribution in [0.4, 0.5) is 0 Å². The highest BCUT2D eigenvalue weighted by Crippen LogP contribution is 2.18. The number of hydrogen-bond donors (Lipinski definition) is 0. The summed E-state index contributed by atoms with van der Waals surface area (Å²) in [7, 11) is 0. The molecule has 1 aromatic carbocycles. The number of fused-ring (bicyclic) bond motifs is 1. The molecule has 19 heavy (non-hydrogen) atoms. The van der Waals surface area contributed by atoms with Crippen LogP contribution >= 0.6 is 0 Å². The Morgan fingerprint density at radius 2 is 1.79 bits per heavy atom. The van der Waals surface area contributed by atoms with Gasteiger partial charge in [-0.1, -0.05) is 30.3 Å². The molecule has 0 aliphatic heterocycles. The van der Waals surface area contributed by atoms with Crippen molar-refractivity contribution in [3.05, 3.63) is 69.1 Å². The van der Waals surface area contributed by atoms with E-state index in [4.69, 9.17) is 8.83 Å². The van der Waals surface area contributed by atoms with Crippen LogP contribution in [0.3, 0.4) is 0 Å². The van der Waals surface area contributed by atoms with Gasteiger partial charge in [-0.25, -0.2) is 4.79 Å². The zero-order chi connectivity index (χ0) is 13.4. The molecule has 0 unspecified atom stereocenters. The Bertz CT molecular complexity index is 857. The van der Waals surface area contributed by atoms with E-state index in [0.29, 0.717) is 16.9 Å². The number of hydrogen-bond acceptors (Lipinski definition) is 4. The third-order valence-corrected chi connectivity index (χ3v) is 2.90. The predicted octanol–water partition coefficient (Wildman–Crippen LogP) is 2.72. The third kappa shape index (κ3) is 1.87. The summed E-state index contributed by atoms with van der Waals surface area (Å²) in [5.41, 5.74) is 0.267. The maximum atomic E-state index is 12.3. The lowest BCUT2D eigenvalue weighted by Gasteiger charge is -2.02. The molecule has 3 aromatic rings. The van der Waals surface area contributed by atoms with Crippen LogP contribution in [0.1, 0.15) is 5.76 Å². The Labute approximate surface area is 107 Å². The quantitative estimate of drug-likeness (QED) is 0.670. The van der Waals surface area contributed by atoms with E-state index in [1.165, 1.54) is 12.3 Å². The van der Waals surface area contributed by atoms with Gasteiger partial charge in [0.2, 0.25) is 5.43 Å². The molecule has 4 heteroatoms. The van der Waals surface area contributed by atoms with Gasteiger partial charge in [-0.3, -0.25) is 4.79 Å². The van der Waals surface area contributed by atoms with E-state index < -0.39 is 5.63 Å². The van der Waals surface area contributed by atoms with E-state index >= 15 is 0 Å². The summed E-state index contributed by atoms with van der Waals surface area (Å²) in [4.78, 5) is 24.1. The fourth-order valence-corrected chi connectivity index (χ4v) is 2.01. The molecule has 0 saturated carbocycles. The zero-order valence-corrected chi connectivity index (χ0v) is 10.2. The molecule has 0 radical (unpaired) electrons. The summed E-state index contributed by atoms with van der Waals surface area (Å²) in [6.07, 6.45) is 1.37. The van der Waals surface area contributed by atoms with E-state index in [0.717, 1.165) is 0 Å². The Balaban J connectivity index is 2.40. The molecule has 0 aliphatic rings. The van der Waals surface area contributed by atoms with Crippen molar-refractivity contribution in [2.24, 2.45) is 0 Å². The van der Waals surface area contributed by atoms with Crippen molar-refractivity contribution in [1.29, 1.82) is 0 Å². The molecule has 0 N–H and O–H groups in total. The number of benzene rings is 1. The first-order chi connectivity index (χ1) is 9.16. The van der Waals surface area contributed by atoms with Gasteiger partial charge in [-0.15, -0.1) is 0 Å². The summed E-state index contributed by atoms with van der Waals surface area (Å²) < 4.78 is 10.3. The summed E-state index contributed by atoms with van der Waals surface area (Å²) in [5, 5.41) is -0.0491. The van der Waals surface area contributed by atoms with Gasteiger partial charge in [-0.05, 0) is 12.5 Å². The molecule has 0 spiro atoms. The second-order valence-electron chi connectivity index (χ2n) is 4.23. The first kappa shape index (κ1) is 11.5. The second-order valence-corrected chi connectivity index (χ2v) is 4.23. The molecule has 0 atom stereocenters. The van der Waals surface area contributed by atoms with Crippen molar-refractivity contribution in [3.8, 4) is 11.1 Å². The normalized spacial score (nSPS) is 10.8. The maximum Gasteiger partial charge on any atom is 0.351 e. The van der Waals surface area contributed by atoms with Crippen LogP contribution in [0.25, 0.3) is 22.1 Å².